The fraction of sp³-hybridized carbons (Fsp3) is 0.562. The van der Waals surface area contributed by atoms with Gasteiger partial charge in [0.15, 0.2) is 0 Å². The Kier molecular flexibility index (Phi) is 10.2. The van der Waals surface area contributed by atoms with E-state index >= 15 is 0 Å². The van der Waals surface area contributed by atoms with Gasteiger partial charge in [0.05, 0.1) is 0 Å². The summed E-state index contributed by atoms with van der Waals surface area (Å²) in [5, 5.41) is 0. The molecule has 16 heavy (non-hydrogen) atoms. The summed E-state index contributed by atoms with van der Waals surface area (Å²) in [6.45, 7) is 8.70. The zero-order valence-corrected chi connectivity index (χ0v) is 11.4. The Morgan fingerprint density at radius 1 is 0.875 bits per heavy atom. The predicted octanol–water partition coefficient (Wildman–Crippen LogP) is 5.49. The first kappa shape index (κ1) is 15.2. The summed E-state index contributed by atoms with van der Waals surface area (Å²) in [4.78, 5) is 0. The van der Waals surface area contributed by atoms with Gasteiger partial charge in [-0.2, -0.15) is 0 Å². The molecule has 0 N–H and O–H groups in total. The monoisotopic (exact) mass is 219 g/mol. The molecule has 0 aromatic heterocycles. The van der Waals surface area contributed by atoms with Gasteiger partial charge in [0.2, 0.25) is 0 Å². The van der Waals surface area contributed by atoms with Crippen molar-refractivity contribution in [2.75, 3.05) is 0 Å². The first-order valence-corrected chi connectivity index (χ1v) is 6.41. The molecule has 0 spiro atoms. The topological polar surface area (TPSA) is 0 Å². The van der Waals surface area contributed by atoms with Crippen molar-refractivity contribution in [2.45, 2.75) is 53.4 Å². The van der Waals surface area contributed by atoms with Crippen LogP contribution in [0.3, 0.4) is 0 Å². The van der Waals surface area contributed by atoms with Crippen molar-refractivity contribution in [1.82, 2.24) is 0 Å². The van der Waals surface area contributed by atoms with Gasteiger partial charge in [0, 0.05) is 0 Å². The molecule has 0 bridgehead atoms. The molecule has 0 saturated heterocycles. The molecule has 0 aromatic rings. The lowest BCUT2D eigenvalue weighted by Gasteiger charge is -2.08. The quantitative estimate of drug-likeness (QED) is 0.374. The molecule has 1 atom stereocenters. The molecule has 0 amide bonds. The molecule has 0 heteroatoms. The van der Waals surface area contributed by atoms with Crippen LogP contribution in [0.4, 0.5) is 0 Å². The fourth-order valence-corrected chi connectivity index (χ4v) is 1.28. The second kappa shape index (κ2) is 10.7. The Morgan fingerprint density at radius 3 is 1.88 bits per heavy atom. The summed E-state index contributed by atoms with van der Waals surface area (Å²) in [7, 11) is 0. The fourth-order valence-electron chi connectivity index (χ4n) is 1.28. The van der Waals surface area contributed by atoms with Crippen LogP contribution in [-0.4, -0.2) is 0 Å². The minimum absolute atomic E-state index is 0.624. The maximum Gasteiger partial charge on any atom is -0.0205 e. The summed E-state index contributed by atoms with van der Waals surface area (Å²) in [6.07, 6.45) is 18.2. The van der Waals surface area contributed by atoms with Crippen molar-refractivity contribution in [3.8, 4) is 0 Å². The van der Waals surface area contributed by atoms with Gasteiger partial charge in [-0.3, -0.25) is 0 Å². The lowest BCUT2D eigenvalue weighted by Crippen LogP contribution is -1.96. The molecular formula is C16H27. The molecule has 91 valence electrons. The van der Waals surface area contributed by atoms with Gasteiger partial charge in [0.25, 0.3) is 0 Å². The smallest absolute Gasteiger partial charge is 0.0205 e. The minimum atomic E-state index is 0.624. The zero-order chi connectivity index (χ0) is 12.2. The molecule has 0 rings (SSSR count). The van der Waals surface area contributed by atoms with E-state index in [0.717, 1.165) is 6.42 Å². The first-order chi connectivity index (χ1) is 7.68. The van der Waals surface area contributed by atoms with E-state index in [1.165, 1.54) is 25.2 Å². The average molecular weight is 219 g/mol. The molecule has 0 aromatic carbocycles. The van der Waals surface area contributed by atoms with Crippen LogP contribution in [0.1, 0.15) is 53.4 Å². The lowest BCUT2D eigenvalue weighted by molar-refractivity contribution is 0.739. The van der Waals surface area contributed by atoms with E-state index in [1.807, 2.05) is 0 Å². The minimum Gasteiger partial charge on any atom is -0.0917 e. The molecule has 0 aliphatic heterocycles. The molecule has 0 nitrogen and oxygen atoms in total. The highest BCUT2D eigenvalue weighted by Gasteiger charge is 2.00. The molecule has 1 unspecified atom stereocenters. The summed E-state index contributed by atoms with van der Waals surface area (Å²) < 4.78 is 0. The second-order valence-electron chi connectivity index (χ2n) is 4.49. The third-order valence-corrected chi connectivity index (χ3v) is 2.74. The number of rotatable bonds is 8. The zero-order valence-electron chi connectivity index (χ0n) is 11.4. The molecule has 0 heterocycles. The molecule has 0 saturated carbocycles. The van der Waals surface area contributed by atoms with Gasteiger partial charge in [-0.25, -0.2) is 0 Å². The Morgan fingerprint density at radius 2 is 1.38 bits per heavy atom. The van der Waals surface area contributed by atoms with Crippen molar-refractivity contribution in [3.05, 3.63) is 42.4 Å². The average Bonchev–Trinajstić information content (AvgIpc) is 2.26. The SMILES string of the molecule is C/C=C/CC/C=C/CC/C=C/C(C)[C](C)C. The highest BCUT2D eigenvalue weighted by atomic mass is 14.1. The normalized spacial score (nSPS) is 14.8. The largest absolute Gasteiger partial charge is 0.0917 e. The highest BCUT2D eigenvalue weighted by molar-refractivity contribution is 4.99. The number of hydrogen-bond acceptors (Lipinski definition) is 0. The third kappa shape index (κ3) is 9.76. The summed E-state index contributed by atoms with van der Waals surface area (Å²) in [5.41, 5.74) is 0. The Balaban J connectivity index is 3.45. The van der Waals surface area contributed by atoms with Crippen LogP contribution in [0.2, 0.25) is 0 Å². The number of hydrogen-bond donors (Lipinski definition) is 0. The summed E-state index contributed by atoms with van der Waals surface area (Å²) in [6, 6.07) is 0. The maximum absolute atomic E-state index is 2.31. The van der Waals surface area contributed by atoms with Gasteiger partial charge < -0.3 is 0 Å². The van der Waals surface area contributed by atoms with Gasteiger partial charge >= 0.3 is 0 Å². The van der Waals surface area contributed by atoms with E-state index in [4.69, 9.17) is 0 Å². The second-order valence-corrected chi connectivity index (χ2v) is 4.49. The van der Waals surface area contributed by atoms with Crippen LogP contribution >= 0.6 is 0 Å². The van der Waals surface area contributed by atoms with Gasteiger partial charge in [0.1, 0.15) is 0 Å². The van der Waals surface area contributed by atoms with Crippen molar-refractivity contribution in [1.29, 1.82) is 0 Å². The van der Waals surface area contributed by atoms with E-state index in [-0.39, 0.29) is 0 Å². The number of allylic oxidation sites excluding steroid dienone is 6. The molecule has 0 fully saturated rings. The third-order valence-electron chi connectivity index (χ3n) is 2.74. The van der Waals surface area contributed by atoms with E-state index in [9.17, 15) is 0 Å². The Bertz CT molecular complexity index is 218. The predicted molar refractivity (Wildman–Crippen MR) is 75.3 cm³/mol. The van der Waals surface area contributed by atoms with Crippen LogP contribution < -0.4 is 0 Å². The Labute approximate surface area is 102 Å². The Hall–Kier alpha value is -0.780. The lowest BCUT2D eigenvalue weighted by atomic mass is 9.97. The van der Waals surface area contributed by atoms with Crippen LogP contribution in [0.5, 0.6) is 0 Å². The van der Waals surface area contributed by atoms with Gasteiger partial charge in [-0.1, -0.05) is 57.2 Å². The highest BCUT2D eigenvalue weighted by Crippen LogP contribution is 2.13. The van der Waals surface area contributed by atoms with Crippen molar-refractivity contribution in [2.24, 2.45) is 5.92 Å². The standard InChI is InChI=1S/C16H27/c1-5-6-7-8-9-10-11-12-13-14-16(4)15(2)3/h5-6,9-10,13-14,16H,7-8,11-12H2,1-4H3/b6-5+,10-9+,14-13+. The van der Waals surface area contributed by atoms with E-state index < -0.39 is 0 Å². The van der Waals surface area contributed by atoms with Crippen LogP contribution in [0, 0.1) is 11.8 Å². The van der Waals surface area contributed by atoms with E-state index in [0.29, 0.717) is 5.92 Å². The molecule has 0 aliphatic carbocycles. The van der Waals surface area contributed by atoms with Crippen LogP contribution in [0.15, 0.2) is 36.5 Å². The van der Waals surface area contributed by atoms with Crippen molar-refractivity contribution < 1.29 is 0 Å². The molecule has 0 aliphatic rings. The van der Waals surface area contributed by atoms with E-state index in [2.05, 4.69) is 64.2 Å². The van der Waals surface area contributed by atoms with Gasteiger partial charge in [-0.05, 0) is 44.4 Å². The first-order valence-electron chi connectivity index (χ1n) is 6.41. The molecular weight excluding hydrogens is 192 g/mol. The molecule has 1 radical (unpaired) electrons. The maximum atomic E-state index is 2.31. The summed E-state index contributed by atoms with van der Waals surface area (Å²) >= 11 is 0. The van der Waals surface area contributed by atoms with Crippen LogP contribution in [-0.2, 0) is 0 Å². The van der Waals surface area contributed by atoms with Gasteiger partial charge in [-0.15, -0.1) is 0 Å². The van der Waals surface area contributed by atoms with E-state index in [1.54, 1.807) is 0 Å². The summed E-state index contributed by atoms with van der Waals surface area (Å²) in [5.74, 6) is 2.11. The number of unbranched alkanes of at least 4 members (excludes halogenated alkanes) is 2. The van der Waals surface area contributed by atoms with Crippen LogP contribution in [0.25, 0.3) is 0 Å². The van der Waals surface area contributed by atoms with Crippen molar-refractivity contribution in [3.63, 3.8) is 0 Å². The van der Waals surface area contributed by atoms with Crippen molar-refractivity contribution >= 4 is 0 Å².